The molecule has 5 nitrogen and oxygen atoms in total. The fourth-order valence-electron chi connectivity index (χ4n) is 4.10. The molecule has 23 heavy (non-hydrogen) atoms. The number of hydrogen-bond acceptors (Lipinski definition) is 4. The fraction of sp³-hybridized carbons (Fsp3) is 0.722. The number of aryl methyl sites for hydroxylation is 1. The molecule has 2 aliphatic heterocycles. The van der Waals surface area contributed by atoms with Gasteiger partial charge in [-0.05, 0) is 58.2 Å². The summed E-state index contributed by atoms with van der Waals surface area (Å²) in [5, 5.41) is 0. The summed E-state index contributed by atoms with van der Waals surface area (Å²) >= 11 is 0. The number of piperazine rings is 1. The maximum atomic E-state index is 12.1. The van der Waals surface area contributed by atoms with Crippen LogP contribution in [-0.4, -0.2) is 59.1 Å². The Morgan fingerprint density at radius 2 is 2.13 bits per heavy atom. The van der Waals surface area contributed by atoms with Crippen LogP contribution in [0.3, 0.4) is 0 Å². The van der Waals surface area contributed by atoms with Crippen molar-refractivity contribution in [2.45, 2.75) is 59.2 Å². The normalized spacial score (nSPS) is 25.6. The number of hydrogen-bond donors (Lipinski definition) is 1. The third-order valence-electron chi connectivity index (χ3n) is 5.50. The number of fused-ring (bicyclic) bond motifs is 1. The highest BCUT2D eigenvalue weighted by Gasteiger charge is 2.34. The maximum absolute atomic E-state index is 12.1. The smallest absolute Gasteiger partial charge is 0.355 e. The average Bonchev–Trinajstić information content (AvgIpc) is 3.06. The van der Waals surface area contributed by atoms with Crippen LogP contribution < -0.4 is 0 Å². The molecule has 2 fully saturated rings. The van der Waals surface area contributed by atoms with Crippen LogP contribution in [-0.2, 0) is 11.3 Å². The molecule has 0 saturated carbocycles. The van der Waals surface area contributed by atoms with Crippen LogP contribution in [0.15, 0.2) is 0 Å². The number of nitrogens with one attached hydrogen (secondary N) is 1. The number of nitrogens with zero attached hydrogens (tertiary/aromatic N) is 2. The summed E-state index contributed by atoms with van der Waals surface area (Å²) < 4.78 is 5.15. The molecule has 2 saturated heterocycles. The molecule has 5 heteroatoms. The molecule has 0 aromatic carbocycles. The highest BCUT2D eigenvalue weighted by atomic mass is 16.5. The molecule has 1 N–H and O–H groups in total. The molecule has 0 bridgehead atoms. The van der Waals surface area contributed by atoms with E-state index in [4.69, 9.17) is 4.74 Å². The SMILES string of the molecule is CCOC(=O)c1[nH]c(C)c(CN2C[C@@H]3CCCN3C[C@@H]2C)c1C. The van der Waals surface area contributed by atoms with Crippen molar-refractivity contribution in [3.63, 3.8) is 0 Å². The van der Waals surface area contributed by atoms with Crippen molar-refractivity contribution in [3.05, 3.63) is 22.5 Å². The molecule has 128 valence electrons. The number of H-pyrrole nitrogens is 1. The van der Waals surface area contributed by atoms with Crippen molar-refractivity contribution >= 4 is 5.97 Å². The first-order valence-corrected chi connectivity index (χ1v) is 8.84. The van der Waals surface area contributed by atoms with E-state index in [0.717, 1.165) is 36.9 Å². The van der Waals surface area contributed by atoms with E-state index < -0.39 is 0 Å². The third kappa shape index (κ3) is 3.17. The highest BCUT2D eigenvalue weighted by Crippen LogP contribution is 2.28. The Labute approximate surface area is 139 Å². The third-order valence-corrected chi connectivity index (χ3v) is 5.50. The first kappa shape index (κ1) is 16.5. The van der Waals surface area contributed by atoms with E-state index in [1.54, 1.807) is 0 Å². The maximum Gasteiger partial charge on any atom is 0.355 e. The Morgan fingerprint density at radius 1 is 1.35 bits per heavy atom. The molecule has 1 aromatic rings. The lowest BCUT2D eigenvalue weighted by atomic mass is 10.0. The predicted octanol–water partition coefficient (Wildman–Crippen LogP) is 2.48. The van der Waals surface area contributed by atoms with E-state index in [1.807, 2.05) is 13.8 Å². The van der Waals surface area contributed by atoms with Crippen LogP contribution in [0.25, 0.3) is 0 Å². The molecule has 3 rings (SSSR count). The number of aromatic nitrogens is 1. The second-order valence-electron chi connectivity index (χ2n) is 7.02. The minimum Gasteiger partial charge on any atom is -0.461 e. The van der Waals surface area contributed by atoms with Crippen LogP contribution in [0.4, 0.5) is 0 Å². The van der Waals surface area contributed by atoms with E-state index in [0.29, 0.717) is 18.3 Å². The highest BCUT2D eigenvalue weighted by molar-refractivity contribution is 5.89. The van der Waals surface area contributed by atoms with Gasteiger partial charge in [-0.1, -0.05) is 0 Å². The molecule has 2 aliphatic rings. The van der Waals surface area contributed by atoms with E-state index in [-0.39, 0.29) is 5.97 Å². The van der Waals surface area contributed by atoms with Crippen molar-refractivity contribution in [3.8, 4) is 0 Å². The summed E-state index contributed by atoms with van der Waals surface area (Å²) in [6.45, 7) is 13.1. The fourth-order valence-corrected chi connectivity index (χ4v) is 4.10. The number of esters is 1. The molecule has 0 radical (unpaired) electrons. The zero-order chi connectivity index (χ0) is 16.6. The van der Waals surface area contributed by atoms with Gasteiger partial charge in [-0.3, -0.25) is 9.80 Å². The minimum absolute atomic E-state index is 0.243. The Hall–Kier alpha value is -1.33. The number of ether oxygens (including phenoxy) is 1. The van der Waals surface area contributed by atoms with E-state index in [1.165, 1.54) is 24.9 Å². The molecule has 1 aromatic heterocycles. The summed E-state index contributed by atoms with van der Waals surface area (Å²) in [6, 6.07) is 1.28. The molecule has 2 atom stereocenters. The summed E-state index contributed by atoms with van der Waals surface area (Å²) in [7, 11) is 0. The minimum atomic E-state index is -0.243. The molecular weight excluding hydrogens is 290 g/mol. The van der Waals surface area contributed by atoms with Crippen LogP contribution in [0.1, 0.15) is 54.0 Å². The van der Waals surface area contributed by atoms with Gasteiger partial charge >= 0.3 is 5.97 Å². The summed E-state index contributed by atoms with van der Waals surface area (Å²) in [4.78, 5) is 20.5. The Morgan fingerprint density at radius 3 is 2.87 bits per heavy atom. The van der Waals surface area contributed by atoms with Crippen molar-refractivity contribution in [1.29, 1.82) is 0 Å². The zero-order valence-electron chi connectivity index (χ0n) is 14.8. The molecule has 0 unspecified atom stereocenters. The number of rotatable bonds is 4. The average molecular weight is 319 g/mol. The predicted molar refractivity (Wildman–Crippen MR) is 90.7 cm³/mol. The largest absolute Gasteiger partial charge is 0.461 e. The van der Waals surface area contributed by atoms with Crippen LogP contribution in [0, 0.1) is 13.8 Å². The van der Waals surface area contributed by atoms with Crippen molar-refractivity contribution < 1.29 is 9.53 Å². The van der Waals surface area contributed by atoms with E-state index in [9.17, 15) is 4.79 Å². The lowest BCUT2D eigenvalue weighted by Gasteiger charge is -2.42. The van der Waals surface area contributed by atoms with Gasteiger partial charge in [0.05, 0.1) is 6.61 Å². The van der Waals surface area contributed by atoms with Gasteiger partial charge in [0.15, 0.2) is 0 Å². The Balaban J connectivity index is 1.76. The first-order valence-electron chi connectivity index (χ1n) is 8.84. The topological polar surface area (TPSA) is 48.6 Å². The van der Waals surface area contributed by atoms with Gasteiger partial charge in [-0.2, -0.15) is 0 Å². The summed E-state index contributed by atoms with van der Waals surface area (Å²) in [5.74, 6) is -0.243. The quantitative estimate of drug-likeness (QED) is 0.866. The monoisotopic (exact) mass is 319 g/mol. The lowest BCUT2D eigenvalue weighted by Crippen LogP contribution is -2.54. The van der Waals surface area contributed by atoms with Crippen molar-refractivity contribution in [1.82, 2.24) is 14.8 Å². The standard InChI is InChI=1S/C18H29N3O2/c1-5-23-18(22)17-13(3)16(14(4)19-17)11-21-10-15-7-6-8-20(15)9-12(21)2/h12,15,19H,5-11H2,1-4H3/t12-,15-/m0/s1. The van der Waals surface area contributed by atoms with Crippen molar-refractivity contribution in [2.24, 2.45) is 0 Å². The second kappa shape index (κ2) is 6.65. The van der Waals surface area contributed by atoms with Gasteiger partial charge in [0.25, 0.3) is 0 Å². The summed E-state index contributed by atoms with van der Waals surface area (Å²) in [6.07, 6.45) is 2.66. The number of carbonyl (C=O) groups excluding carboxylic acids is 1. The first-order chi connectivity index (χ1) is 11.0. The molecule has 0 amide bonds. The van der Waals surface area contributed by atoms with Gasteiger partial charge in [0.1, 0.15) is 5.69 Å². The van der Waals surface area contributed by atoms with Gasteiger partial charge in [0.2, 0.25) is 0 Å². The Bertz CT molecular complexity index is 581. The van der Waals surface area contributed by atoms with E-state index >= 15 is 0 Å². The molecular formula is C18H29N3O2. The number of aromatic amines is 1. The van der Waals surface area contributed by atoms with Crippen LogP contribution in [0.5, 0.6) is 0 Å². The van der Waals surface area contributed by atoms with Crippen LogP contribution in [0.2, 0.25) is 0 Å². The van der Waals surface area contributed by atoms with Crippen molar-refractivity contribution in [2.75, 3.05) is 26.2 Å². The second-order valence-corrected chi connectivity index (χ2v) is 7.02. The lowest BCUT2D eigenvalue weighted by molar-refractivity contribution is 0.0516. The molecule has 0 spiro atoms. The van der Waals surface area contributed by atoms with Gasteiger partial charge in [-0.25, -0.2) is 4.79 Å². The zero-order valence-corrected chi connectivity index (χ0v) is 14.8. The molecule has 0 aliphatic carbocycles. The van der Waals surface area contributed by atoms with Gasteiger partial charge in [-0.15, -0.1) is 0 Å². The molecule has 3 heterocycles. The van der Waals surface area contributed by atoms with Gasteiger partial charge < -0.3 is 9.72 Å². The van der Waals surface area contributed by atoms with Crippen LogP contribution >= 0.6 is 0 Å². The van der Waals surface area contributed by atoms with Gasteiger partial charge in [0, 0.05) is 37.4 Å². The Kier molecular flexibility index (Phi) is 4.78. The number of carbonyl (C=O) groups is 1. The summed E-state index contributed by atoms with van der Waals surface area (Å²) in [5.41, 5.74) is 4.01. The van der Waals surface area contributed by atoms with E-state index in [2.05, 4.69) is 28.6 Å².